The van der Waals surface area contributed by atoms with E-state index in [0.717, 1.165) is 0 Å². The van der Waals surface area contributed by atoms with Crippen molar-refractivity contribution in [3.63, 3.8) is 0 Å². The first-order chi connectivity index (χ1) is 10.5. The quantitative estimate of drug-likeness (QED) is 0.812. The summed E-state index contributed by atoms with van der Waals surface area (Å²) >= 11 is 0. The molecule has 1 aromatic rings. The summed E-state index contributed by atoms with van der Waals surface area (Å²) in [5.74, 6) is -1.03. The second kappa shape index (κ2) is 6.93. The van der Waals surface area contributed by atoms with Crippen molar-refractivity contribution in [1.82, 2.24) is 10.6 Å². The van der Waals surface area contributed by atoms with Gasteiger partial charge in [0.15, 0.2) is 11.6 Å². The van der Waals surface area contributed by atoms with Crippen molar-refractivity contribution in [2.24, 2.45) is 0 Å². The van der Waals surface area contributed by atoms with Gasteiger partial charge in [-0.25, -0.2) is 14.0 Å². The van der Waals surface area contributed by atoms with E-state index in [9.17, 15) is 14.0 Å². The van der Waals surface area contributed by atoms with Crippen molar-refractivity contribution < 1.29 is 23.5 Å². The molecule has 2 amide bonds. The monoisotopic (exact) mass is 308 g/mol. The van der Waals surface area contributed by atoms with Crippen molar-refractivity contribution >= 4 is 12.0 Å². The number of carbonyl (C=O) groups is 2. The number of amides is 2. The number of nitrogens with one attached hydrogen (secondary N) is 2. The zero-order chi connectivity index (χ0) is 16.1. The van der Waals surface area contributed by atoms with Crippen LogP contribution in [0.4, 0.5) is 9.18 Å². The van der Waals surface area contributed by atoms with Crippen molar-refractivity contribution in [1.29, 1.82) is 0 Å². The molecule has 1 atom stereocenters. The van der Waals surface area contributed by atoms with Crippen LogP contribution >= 0.6 is 0 Å². The van der Waals surface area contributed by atoms with Gasteiger partial charge in [-0.3, -0.25) is 0 Å². The van der Waals surface area contributed by atoms with Crippen LogP contribution in [0.3, 0.4) is 0 Å². The van der Waals surface area contributed by atoms with E-state index in [0.29, 0.717) is 0 Å². The molecular weight excluding hydrogens is 291 g/mol. The van der Waals surface area contributed by atoms with Crippen LogP contribution in [0.5, 0.6) is 5.75 Å². The lowest BCUT2D eigenvalue weighted by Crippen LogP contribution is -2.50. The largest absolute Gasteiger partial charge is 0.484 e. The zero-order valence-electron chi connectivity index (χ0n) is 12.3. The van der Waals surface area contributed by atoms with E-state index in [1.165, 1.54) is 12.1 Å². The Morgan fingerprint density at radius 1 is 1.36 bits per heavy atom. The Kier molecular flexibility index (Phi) is 4.98. The maximum absolute atomic E-state index is 13.5. The third-order valence-electron chi connectivity index (χ3n) is 3.07. The molecule has 118 valence electrons. The van der Waals surface area contributed by atoms with Gasteiger partial charge in [0.1, 0.15) is 6.61 Å². The van der Waals surface area contributed by atoms with Gasteiger partial charge < -0.3 is 20.1 Å². The molecule has 1 heterocycles. The van der Waals surface area contributed by atoms with Crippen molar-refractivity contribution in [2.75, 3.05) is 13.2 Å². The highest BCUT2D eigenvalue weighted by Crippen LogP contribution is 2.19. The Balaban J connectivity index is 2.22. The summed E-state index contributed by atoms with van der Waals surface area (Å²) in [6.45, 7) is 3.42. The lowest BCUT2D eigenvalue weighted by atomic mass is 10.0. The van der Waals surface area contributed by atoms with Crippen LogP contribution in [0.1, 0.15) is 13.8 Å². The molecule has 22 heavy (non-hydrogen) atoms. The predicted octanol–water partition coefficient (Wildman–Crippen LogP) is 1.72. The molecule has 0 aromatic heterocycles. The summed E-state index contributed by atoms with van der Waals surface area (Å²) in [6, 6.07) is 4.92. The summed E-state index contributed by atoms with van der Waals surface area (Å²) in [5, 5.41) is 5.08. The number of benzene rings is 1. The molecule has 1 aliphatic rings. The summed E-state index contributed by atoms with van der Waals surface area (Å²) < 4.78 is 23.9. The Labute approximate surface area is 127 Å². The fourth-order valence-electron chi connectivity index (χ4n) is 2.10. The van der Waals surface area contributed by atoms with Gasteiger partial charge >= 0.3 is 12.0 Å². The average molecular weight is 308 g/mol. The minimum absolute atomic E-state index is 0.0404. The van der Waals surface area contributed by atoms with Crippen molar-refractivity contribution in [3.05, 3.63) is 41.4 Å². The molecule has 0 fully saturated rings. The molecule has 0 bridgehead atoms. The van der Waals surface area contributed by atoms with Crippen LogP contribution in [0.15, 0.2) is 35.5 Å². The van der Waals surface area contributed by atoms with E-state index in [1.807, 2.05) is 0 Å². The lowest BCUT2D eigenvalue weighted by Gasteiger charge is -2.26. The molecule has 1 aromatic carbocycles. The van der Waals surface area contributed by atoms with Gasteiger partial charge in [0.2, 0.25) is 0 Å². The summed E-state index contributed by atoms with van der Waals surface area (Å²) in [4.78, 5) is 23.6. The molecule has 0 unspecified atom stereocenters. The first-order valence-corrected chi connectivity index (χ1v) is 6.88. The lowest BCUT2D eigenvalue weighted by molar-refractivity contribution is -0.139. The molecule has 0 aliphatic carbocycles. The van der Waals surface area contributed by atoms with Crippen LogP contribution < -0.4 is 15.4 Å². The summed E-state index contributed by atoms with van der Waals surface area (Å²) in [7, 11) is 0. The molecular formula is C15H17FN2O4. The standard InChI is InChI=1S/C15H17FN2O4/c1-3-21-14(19)13-9(2)17-15(20)18-11(13)8-22-12-7-5-4-6-10(12)16/h4-7,9H,3,8H2,1-2H3,(H2,17,18,20)/t9-/m0/s1. The Morgan fingerprint density at radius 2 is 2.09 bits per heavy atom. The SMILES string of the molecule is CCOC(=O)C1=C(COc2ccccc2F)NC(=O)N[C@H]1C. The number of hydrogen-bond acceptors (Lipinski definition) is 4. The maximum atomic E-state index is 13.5. The fraction of sp³-hybridized carbons (Fsp3) is 0.333. The van der Waals surface area contributed by atoms with E-state index in [4.69, 9.17) is 9.47 Å². The normalized spacial score (nSPS) is 17.6. The number of halogens is 1. The highest BCUT2D eigenvalue weighted by atomic mass is 19.1. The first-order valence-electron chi connectivity index (χ1n) is 6.88. The number of hydrogen-bond donors (Lipinski definition) is 2. The molecule has 7 heteroatoms. The fourth-order valence-corrected chi connectivity index (χ4v) is 2.10. The predicted molar refractivity (Wildman–Crippen MR) is 76.7 cm³/mol. The van der Waals surface area contributed by atoms with Gasteiger partial charge in [0.05, 0.1) is 23.9 Å². The number of rotatable bonds is 5. The first kappa shape index (κ1) is 15.8. The molecule has 2 rings (SSSR count). The van der Waals surface area contributed by atoms with Crippen LogP contribution in [-0.4, -0.2) is 31.3 Å². The smallest absolute Gasteiger partial charge is 0.338 e. The zero-order valence-corrected chi connectivity index (χ0v) is 12.3. The van der Waals surface area contributed by atoms with Crippen LogP contribution in [0.25, 0.3) is 0 Å². The Hall–Kier alpha value is -2.57. The highest BCUT2D eigenvalue weighted by Gasteiger charge is 2.30. The molecule has 0 radical (unpaired) electrons. The third-order valence-corrected chi connectivity index (χ3v) is 3.07. The molecule has 1 aliphatic heterocycles. The molecule has 0 saturated heterocycles. The summed E-state index contributed by atoms with van der Waals surface area (Å²) in [6.07, 6.45) is 0. The Morgan fingerprint density at radius 3 is 2.77 bits per heavy atom. The van der Waals surface area contributed by atoms with Crippen LogP contribution in [-0.2, 0) is 9.53 Å². The van der Waals surface area contributed by atoms with Gasteiger partial charge in [-0.05, 0) is 26.0 Å². The van der Waals surface area contributed by atoms with Crippen LogP contribution in [0, 0.1) is 5.82 Å². The number of para-hydroxylation sites is 1. The molecule has 6 nitrogen and oxygen atoms in total. The number of esters is 1. The molecule has 0 saturated carbocycles. The van der Waals surface area contributed by atoms with Gasteiger partial charge in [-0.2, -0.15) is 0 Å². The minimum atomic E-state index is -0.547. The van der Waals surface area contributed by atoms with Crippen molar-refractivity contribution in [2.45, 2.75) is 19.9 Å². The maximum Gasteiger partial charge on any atom is 0.338 e. The van der Waals surface area contributed by atoms with E-state index in [1.54, 1.807) is 26.0 Å². The molecule has 2 N–H and O–H groups in total. The minimum Gasteiger partial charge on any atom is -0.484 e. The average Bonchev–Trinajstić information content (AvgIpc) is 2.46. The third kappa shape index (κ3) is 3.55. The van der Waals surface area contributed by atoms with Gasteiger partial charge in [0, 0.05) is 0 Å². The number of ether oxygens (including phenoxy) is 2. The second-order valence-electron chi connectivity index (χ2n) is 4.65. The van der Waals surface area contributed by atoms with Crippen LogP contribution in [0.2, 0.25) is 0 Å². The van der Waals surface area contributed by atoms with E-state index in [2.05, 4.69) is 10.6 Å². The van der Waals surface area contributed by atoms with Gasteiger partial charge in [0.25, 0.3) is 0 Å². The van der Waals surface area contributed by atoms with E-state index >= 15 is 0 Å². The number of carbonyl (C=O) groups excluding carboxylic acids is 2. The topological polar surface area (TPSA) is 76.7 Å². The number of urea groups is 1. The summed E-state index contributed by atoms with van der Waals surface area (Å²) in [5.41, 5.74) is 0.524. The second-order valence-corrected chi connectivity index (χ2v) is 4.65. The highest BCUT2D eigenvalue weighted by molar-refractivity contribution is 5.94. The molecule has 0 spiro atoms. The van der Waals surface area contributed by atoms with E-state index < -0.39 is 23.9 Å². The van der Waals surface area contributed by atoms with Crippen molar-refractivity contribution in [3.8, 4) is 5.75 Å². The Bertz CT molecular complexity index is 615. The van der Waals surface area contributed by atoms with Gasteiger partial charge in [-0.15, -0.1) is 0 Å². The van der Waals surface area contributed by atoms with Gasteiger partial charge in [-0.1, -0.05) is 12.1 Å². The van der Waals surface area contributed by atoms with E-state index in [-0.39, 0.29) is 30.2 Å².